The molecule has 3 rings (SSSR count). The summed E-state index contributed by atoms with van der Waals surface area (Å²) in [5, 5.41) is 6.15. The highest BCUT2D eigenvalue weighted by atomic mass is 79.9. The average molecular weight is 352 g/mol. The Kier molecular flexibility index (Phi) is 3.43. The number of fused-ring (bicyclic) bond motifs is 1. The van der Waals surface area contributed by atoms with Crippen LogP contribution in [0.25, 0.3) is 10.1 Å². The van der Waals surface area contributed by atoms with E-state index in [1.54, 1.807) is 11.3 Å². The van der Waals surface area contributed by atoms with Gasteiger partial charge < -0.3 is 5.32 Å². The summed E-state index contributed by atoms with van der Waals surface area (Å²) in [6.45, 7) is 1.98. The van der Waals surface area contributed by atoms with E-state index in [1.165, 1.54) is 16.0 Å². The van der Waals surface area contributed by atoms with Gasteiger partial charge >= 0.3 is 0 Å². The number of hydrogen-bond acceptors (Lipinski definition) is 3. The minimum Gasteiger partial charge on any atom is -0.321 e. The second-order valence-corrected chi connectivity index (χ2v) is 7.51. The van der Waals surface area contributed by atoms with Gasteiger partial charge in [0.2, 0.25) is 0 Å². The van der Waals surface area contributed by atoms with Gasteiger partial charge in [0.15, 0.2) is 0 Å². The molecule has 19 heavy (non-hydrogen) atoms. The third-order valence-corrected chi connectivity index (χ3v) is 5.82. The quantitative estimate of drug-likeness (QED) is 0.667. The smallest absolute Gasteiger partial charge is 0.265 e. The third kappa shape index (κ3) is 2.59. The minimum atomic E-state index is -0.0617. The molecule has 2 heterocycles. The lowest BCUT2D eigenvalue weighted by atomic mass is 10.2. The van der Waals surface area contributed by atoms with Crippen molar-refractivity contribution in [2.75, 3.05) is 5.32 Å². The Morgan fingerprint density at radius 3 is 2.84 bits per heavy atom. The largest absolute Gasteiger partial charge is 0.321 e. The van der Waals surface area contributed by atoms with Gasteiger partial charge in [-0.3, -0.25) is 4.79 Å². The Balaban J connectivity index is 1.85. The van der Waals surface area contributed by atoms with Crippen LogP contribution in [-0.2, 0) is 0 Å². The van der Waals surface area contributed by atoms with Gasteiger partial charge in [0.25, 0.3) is 5.91 Å². The van der Waals surface area contributed by atoms with Gasteiger partial charge in [-0.05, 0) is 69.5 Å². The second-order valence-electron chi connectivity index (χ2n) is 4.19. The molecule has 0 radical (unpaired) electrons. The van der Waals surface area contributed by atoms with Gasteiger partial charge in [-0.15, -0.1) is 22.7 Å². The number of thiophene rings is 2. The van der Waals surface area contributed by atoms with Crippen molar-refractivity contribution in [2.24, 2.45) is 0 Å². The van der Waals surface area contributed by atoms with Gasteiger partial charge in [0.05, 0.1) is 8.66 Å². The van der Waals surface area contributed by atoms with E-state index in [0.29, 0.717) is 0 Å². The van der Waals surface area contributed by atoms with Gasteiger partial charge in [0.1, 0.15) is 0 Å². The van der Waals surface area contributed by atoms with Crippen molar-refractivity contribution in [1.82, 2.24) is 0 Å². The fourth-order valence-electron chi connectivity index (χ4n) is 1.81. The maximum absolute atomic E-state index is 12.1. The average Bonchev–Trinajstić information content (AvgIpc) is 2.96. The van der Waals surface area contributed by atoms with Crippen LogP contribution >= 0.6 is 38.6 Å². The van der Waals surface area contributed by atoms with Gasteiger partial charge in [-0.2, -0.15) is 0 Å². The first-order chi connectivity index (χ1) is 9.13. The van der Waals surface area contributed by atoms with Crippen molar-refractivity contribution in [3.8, 4) is 0 Å². The summed E-state index contributed by atoms with van der Waals surface area (Å²) in [4.78, 5) is 12.9. The van der Waals surface area contributed by atoms with Crippen LogP contribution in [0.3, 0.4) is 0 Å². The van der Waals surface area contributed by atoms with Gasteiger partial charge in [0, 0.05) is 10.4 Å². The number of anilines is 1. The predicted molar refractivity (Wildman–Crippen MR) is 86.5 cm³/mol. The third-order valence-electron chi connectivity index (χ3n) is 2.79. The summed E-state index contributed by atoms with van der Waals surface area (Å²) in [5.74, 6) is -0.0617. The van der Waals surface area contributed by atoms with Crippen LogP contribution < -0.4 is 5.32 Å². The van der Waals surface area contributed by atoms with Crippen molar-refractivity contribution < 1.29 is 4.79 Å². The molecule has 1 amide bonds. The Morgan fingerprint density at radius 2 is 2.11 bits per heavy atom. The summed E-state index contributed by atoms with van der Waals surface area (Å²) in [7, 11) is 0. The van der Waals surface area contributed by atoms with Crippen molar-refractivity contribution in [1.29, 1.82) is 0 Å². The first-order valence-electron chi connectivity index (χ1n) is 5.68. The summed E-state index contributed by atoms with van der Waals surface area (Å²) < 4.78 is 2.23. The number of halogens is 1. The van der Waals surface area contributed by atoms with Crippen molar-refractivity contribution in [3.63, 3.8) is 0 Å². The van der Waals surface area contributed by atoms with E-state index in [0.717, 1.165) is 25.3 Å². The number of amides is 1. The van der Waals surface area contributed by atoms with Gasteiger partial charge in [-0.1, -0.05) is 0 Å². The summed E-state index contributed by atoms with van der Waals surface area (Å²) in [6.07, 6.45) is 0. The van der Waals surface area contributed by atoms with Crippen LogP contribution in [0.15, 0.2) is 39.5 Å². The Hall–Kier alpha value is -1.17. The number of hydrogen-bond donors (Lipinski definition) is 1. The first-order valence-corrected chi connectivity index (χ1v) is 8.17. The van der Waals surface area contributed by atoms with Gasteiger partial charge in [-0.25, -0.2) is 0 Å². The molecule has 0 saturated carbocycles. The molecule has 0 saturated heterocycles. The number of nitrogens with one attached hydrogen (secondary N) is 1. The minimum absolute atomic E-state index is 0.0617. The van der Waals surface area contributed by atoms with Crippen LogP contribution in [0.1, 0.15) is 15.2 Å². The standard InChI is InChI=1S/C14H10BrNOS2/c1-8-6-12(19-13(8)15)14(17)16-10-2-3-11-9(7-10)4-5-18-11/h2-7H,1H3,(H,16,17). The zero-order valence-corrected chi connectivity index (χ0v) is 13.3. The van der Waals surface area contributed by atoms with E-state index in [9.17, 15) is 4.79 Å². The second kappa shape index (κ2) is 5.07. The van der Waals surface area contributed by atoms with E-state index in [-0.39, 0.29) is 5.91 Å². The first kappa shape index (κ1) is 12.8. The highest BCUT2D eigenvalue weighted by Crippen LogP contribution is 2.29. The highest BCUT2D eigenvalue weighted by Gasteiger charge is 2.11. The number of benzene rings is 1. The maximum Gasteiger partial charge on any atom is 0.265 e. The number of aryl methyl sites for hydroxylation is 1. The molecule has 0 unspecified atom stereocenters. The Bertz CT molecular complexity index is 740. The van der Waals surface area contributed by atoms with Crippen LogP contribution in [0.5, 0.6) is 0 Å². The fourth-order valence-corrected chi connectivity index (χ4v) is 4.01. The Morgan fingerprint density at radius 1 is 1.26 bits per heavy atom. The van der Waals surface area contributed by atoms with Crippen LogP contribution in [0.2, 0.25) is 0 Å². The normalized spacial score (nSPS) is 10.8. The van der Waals surface area contributed by atoms with E-state index in [2.05, 4.69) is 32.7 Å². The molecule has 2 nitrogen and oxygen atoms in total. The summed E-state index contributed by atoms with van der Waals surface area (Å²) in [6, 6.07) is 9.92. The number of rotatable bonds is 2. The molecular weight excluding hydrogens is 342 g/mol. The molecule has 5 heteroatoms. The van der Waals surface area contributed by atoms with E-state index < -0.39 is 0 Å². The van der Waals surface area contributed by atoms with Crippen molar-refractivity contribution in [3.05, 3.63) is 49.9 Å². The maximum atomic E-state index is 12.1. The fraction of sp³-hybridized carbons (Fsp3) is 0.0714. The zero-order valence-electron chi connectivity index (χ0n) is 10.1. The van der Waals surface area contributed by atoms with E-state index in [4.69, 9.17) is 0 Å². The van der Waals surface area contributed by atoms with Crippen LogP contribution in [0.4, 0.5) is 5.69 Å². The van der Waals surface area contributed by atoms with Crippen molar-refractivity contribution in [2.45, 2.75) is 6.92 Å². The molecule has 3 aromatic rings. The lowest BCUT2D eigenvalue weighted by molar-refractivity contribution is 0.103. The number of carbonyl (C=O) groups excluding carboxylic acids is 1. The summed E-state index contributed by atoms with van der Waals surface area (Å²) >= 11 is 6.59. The number of carbonyl (C=O) groups is 1. The Labute approximate surface area is 127 Å². The molecule has 0 bridgehead atoms. The topological polar surface area (TPSA) is 29.1 Å². The molecule has 1 N–H and O–H groups in total. The zero-order chi connectivity index (χ0) is 13.4. The molecule has 0 fully saturated rings. The molecule has 0 aliphatic carbocycles. The monoisotopic (exact) mass is 351 g/mol. The molecule has 0 aliphatic heterocycles. The SMILES string of the molecule is Cc1cc(C(=O)Nc2ccc3sccc3c2)sc1Br. The molecule has 96 valence electrons. The lowest BCUT2D eigenvalue weighted by Gasteiger charge is -2.03. The highest BCUT2D eigenvalue weighted by molar-refractivity contribution is 9.11. The van der Waals surface area contributed by atoms with Crippen molar-refractivity contribution >= 4 is 60.3 Å². The molecule has 1 aromatic carbocycles. The predicted octanol–water partition coefficient (Wildman–Crippen LogP) is 5.29. The molecule has 0 spiro atoms. The lowest BCUT2D eigenvalue weighted by Crippen LogP contribution is -2.09. The molecule has 0 atom stereocenters. The van der Waals surface area contributed by atoms with E-state index >= 15 is 0 Å². The molecule has 2 aromatic heterocycles. The van der Waals surface area contributed by atoms with E-state index in [1.807, 2.05) is 31.2 Å². The summed E-state index contributed by atoms with van der Waals surface area (Å²) in [5.41, 5.74) is 1.92. The molecule has 0 aliphatic rings. The van der Waals surface area contributed by atoms with Crippen LogP contribution in [0, 0.1) is 6.92 Å². The molecular formula is C14H10BrNOS2. The van der Waals surface area contributed by atoms with Crippen LogP contribution in [-0.4, -0.2) is 5.91 Å².